The van der Waals surface area contributed by atoms with Gasteiger partial charge in [-0.1, -0.05) is 27.7 Å². The number of rotatable bonds is 8. The van der Waals surface area contributed by atoms with Gasteiger partial charge in [-0.3, -0.25) is 4.79 Å². The third-order valence-electron chi connectivity index (χ3n) is 3.11. The van der Waals surface area contributed by atoms with Crippen LogP contribution in [-0.4, -0.2) is 28.5 Å². The lowest BCUT2D eigenvalue weighted by atomic mass is 10.0. The molecule has 1 unspecified atom stereocenters. The summed E-state index contributed by atoms with van der Waals surface area (Å²) in [7, 11) is 0. The van der Waals surface area contributed by atoms with Gasteiger partial charge in [0.25, 0.3) is 0 Å². The molecule has 0 spiro atoms. The van der Waals surface area contributed by atoms with Gasteiger partial charge in [0, 0.05) is 12.1 Å². The lowest BCUT2D eigenvalue weighted by Crippen LogP contribution is -2.40. The summed E-state index contributed by atoms with van der Waals surface area (Å²) in [5, 5.41) is 6.43. The van der Waals surface area contributed by atoms with Crippen LogP contribution in [0.5, 0.6) is 0 Å². The van der Waals surface area contributed by atoms with Crippen molar-refractivity contribution in [2.75, 3.05) is 17.2 Å². The number of carbonyl (C=O) groups is 1. The van der Waals surface area contributed by atoms with Gasteiger partial charge in [-0.2, -0.15) is 0 Å². The summed E-state index contributed by atoms with van der Waals surface area (Å²) in [5.41, 5.74) is 6.41. The van der Waals surface area contributed by atoms with Crippen LogP contribution in [0.25, 0.3) is 0 Å². The summed E-state index contributed by atoms with van der Waals surface area (Å²) in [6.45, 7) is 8.89. The molecule has 1 aromatic heterocycles. The van der Waals surface area contributed by atoms with Crippen molar-refractivity contribution >= 4 is 17.5 Å². The average Bonchev–Trinajstić information content (AvgIpc) is 2.41. The summed E-state index contributed by atoms with van der Waals surface area (Å²) in [6, 6.07) is -0.436. The van der Waals surface area contributed by atoms with Crippen molar-refractivity contribution in [2.45, 2.75) is 46.6 Å². The fraction of sp³-hybridized carbons (Fsp3) is 0.643. The zero-order chi connectivity index (χ0) is 15.1. The summed E-state index contributed by atoms with van der Waals surface area (Å²) in [5.74, 6) is 1.22. The minimum absolute atomic E-state index is 0.0965. The maximum absolute atomic E-state index is 11.5. The number of nitrogens with one attached hydrogen (secondary N) is 2. The molecule has 0 aliphatic heterocycles. The van der Waals surface area contributed by atoms with Crippen LogP contribution in [0, 0.1) is 5.92 Å². The third-order valence-corrected chi connectivity index (χ3v) is 3.11. The first kappa shape index (κ1) is 16.2. The Bertz CT molecular complexity index is 447. The number of anilines is 2. The molecule has 1 rings (SSSR count). The largest absolute Gasteiger partial charge is 0.370 e. The van der Waals surface area contributed by atoms with Crippen molar-refractivity contribution in [1.82, 2.24) is 9.97 Å². The molecule has 0 bridgehead atoms. The summed E-state index contributed by atoms with van der Waals surface area (Å²) >= 11 is 0. The Morgan fingerprint density at radius 3 is 2.45 bits per heavy atom. The Balaban J connectivity index is 3.01. The smallest absolute Gasteiger partial charge is 0.240 e. The second kappa shape index (κ2) is 7.67. The van der Waals surface area contributed by atoms with Crippen LogP contribution in [0.15, 0.2) is 6.33 Å². The highest BCUT2D eigenvalue weighted by Gasteiger charge is 2.21. The minimum Gasteiger partial charge on any atom is -0.370 e. The van der Waals surface area contributed by atoms with Crippen molar-refractivity contribution in [2.24, 2.45) is 11.7 Å². The highest BCUT2D eigenvalue weighted by molar-refractivity contribution is 5.83. The third kappa shape index (κ3) is 4.08. The van der Waals surface area contributed by atoms with Crippen molar-refractivity contribution in [3.05, 3.63) is 11.9 Å². The number of nitrogens with two attached hydrogens (primary N) is 1. The van der Waals surface area contributed by atoms with Crippen LogP contribution in [0.3, 0.4) is 0 Å². The number of carbonyl (C=O) groups excluding carboxylic acids is 1. The first-order valence-corrected chi connectivity index (χ1v) is 7.14. The van der Waals surface area contributed by atoms with E-state index in [0.717, 1.165) is 30.8 Å². The van der Waals surface area contributed by atoms with Crippen LogP contribution in [-0.2, 0) is 11.2 Å². The number of nitrogens with zero attached hydrogens (tertiary/aromatic N) is 2. The van der Waals surface area contributed by atoms with Gasteiger partial charge in [-0.15, -0.1) is 0 Å². The van der Waals surface area contributed by atoms with Crippen LogP contribution in [0.1, 0.15) is 39.7 Å². The molecule has 0 saturated heterocycles. The van der Waals surface area contributed by atoms with Crippen LogP contribution in [0.2, 0.25) is 0 Å². The van der Waals surface area contributed by atoms with E-state index >= 15 is 0 Å². The highest BCUT2D eigenvalue weighted by Crippen LogP contribution is 2.22. The van der Waals surface area contributed by atoms with Crippen molar-refractivity contribution < 1.29 is 4.79 Å². The molecule has 20 heavy (non-hydrogen) atoms. The van der Waals surface area contributed by atoms with Crippen LogP contribution in [0.4, 0.5) is 11.6 Å². The maximum atomic E-state index is 11.5. The van der Waals surface area contributed by atoms with Crippen molar-refractivity contribution in [3.63, 3.8) is 0 Å². The van der Waals surface area contributed by atoms with E-state index in [4.69, 9.17) is 5.73 Å². The summed E-state index contributed by atoms with van der Waals surface area (Å²) in [4.78, 5) is 20.0. The lowest BCUT2D eigenvalue weighted by Gasteiger charge is -2.22. The van der Waals surface area contributed by atoms with Gasteiger partial charge in [-0.05, 0) is 18.8 Å². The molecule has 4 N–H and O–H groups in total. The predicted octanol–water partition coefficient (Wildman–Crippen LogP) is 1.78. The maximum Gasteiger partial charge on any atom is 0.240 e. The molecule has 1 atom stereocenters. The molecule has 6 heteroatoms. The number of hydrogen-bond acceptors (Lipinski definition) is 5. The molecule has 1 amide bonds. The van der Waals surface area contributed by atoms with Gasteiger partial charge in [0.05, 0.1) is 0 Å². The summed E-state index contributed by atoms with van der Waals surface area (Å²) in [6.07, 6.45) is 3.29. The number of hydrogen-bond donors (Lipinski definition) is 3. The summed E-state index contributed by atoms with van der Waals surface area (Å²) < 4.78 is 0. The predicted molar refractivity (Wildman–Crippen MR) is 81.6 cm³/mol. The topological polar surface area (TPSA) is 92.9 Å². The van der Waals surface area contributed by atoms with E-state index in [9.17, 15) is 4.79 Å². The molecule has 0 aliphatic carbocycles. The van der Waals surface area contributed by atoms with E-state index in [-0.39, 0.29) is 11.8 Å². The van der Waals surface area contributed by atoms with Gasteiger partial charge in [0.2, 0.25) is 5.91 Å². The van der Waals surface area contributed by atoms with Crippen LogP contribution < -0.4 is 16.4 Å². The molecular formula is C14H25N5O. The van der Waals surface area contributed by atoms with Crippen LogP contribution >= 0.6 is 0 Å². The molecule has 0 saturated carbocycles. The normalized spacial score (nSPS) is 12.2. The van der Waals surface area contributed by atoms with Gasteiger partial charge in [0.15, 0.2) is 0 Å². The number of aromatic nitrogens is 2. The Morgan fingerprint density at radius 1 is 1.30 bits per heavy atom. The lowest BCUT2D eigenvalue weighted by molar-refractivity contribution is -0.119. The second-order valence-electron chi connectivity index (χ2n) is 5.10. The van der Waals surface area contributed by atoms with Gasteiger partial charge in [0.1, 0.15) is 24.0 Å². The molecule has 112 valence electrons. The van der Waals surface area contributed by atoms with Gasteiger partial charge in [-0.25, -0.2) is 9.97 Å². The molecule has 1 aromatic rings. The average molecular weight is 279 g/mol. The van der Waals surface area contributed by atoms with E-state index in [1.807, 2.05) is 20.8 Å². The molecule has 0 aromatic carbocycles. The first-order chi connectivity index (χ1) is 9.51. The zero-order valence-corrected chi connectivity index (χ0v) is 12.7. The molecule has 0 radical (unpaired) electrons. The molecule has 6 nitrogen and oxygen atoms in total. The SMILES string of the molecule is CCCNc1ncnc(NC(C(N)=O)C(C)C)c1CC. The Hall–Kier alpha value is -1.85. The fourth-order valence-electron chi connectivity index (χ4n) is 1.98. The van der Waals surface area contributed by atoms with Gasteiger partial charge < -0.3 is 16.4 Å². The molecule has 0 aliphatic rings. The highest BCUT2D eigenvalue weighted by atomic mass is 16.1. The fourth-order valence-corrected chi connectivity index (χ4v) is 1.98. The Labute approximate surface area is 120 Å². The van der Waals surface area contributed by atoms with E-state index in [1.165, 1.54) is 6.33 Å². The van der Waals surface area contributed by atoms with E-state index in [1.54, 1.807) is 0 Å². The monoisotopic (exact) mass is 279 g/mol. The number of amides is 1. The van der Waals surface area contributed by atoms with Gasteiger partial charge >= 0.3 is 0 Å². The number of primary amides is 1. The first-order valence-electron chi connectivity index (χ1n) is 7.14. The van der Waals surface area contributed by atoms with E-state index in [0.29, 0.717) is 5.82 Å². The Kier molecular flexibility index (Phi) is 6.21. The van der Waals surface area contributed by atoms with Crippen molar-refractivity contribution in [1.29, 1.82) is 0 Å². The zero-order valence-electron chi connectivity index (χ0n) is 12.7. The standard InChI is InChI=1S/C14H25N5O/c1-5-7-16-13-10(6-2)14(18-8-17-13)19-11(9(3)4)12(15)20/h8-9,11H,5-7H2,1-4H3,(H2,15,20)(H2,16,17,18,19). The van der Waals surface area contributed by atoms with E-state index in [2.05, 4.69) is 27.5 Å². The quantitative estimate of drug-likeness (QED) is 0.674. The minimum atomic E-state index is -0.436. The van der Waals surface area contributed by atoms with Crippen molar-refractivity contribution in [3.8, 4) is 0 Å². The second-order valence-corrected chi connectivity index (χ2v) is 5.10. The Morgan fingerprint density at radius 2 is 1.95 bits per heavy atom. The molecule has 1 heterocycles. The van der Waals surface area contributed by atoms with E-state index < -0.39 is 6.04 Å². The molecule has 0 fully saturated rings. The molecular weight excluding hydrogens is 254 g/mol.